The van der Waals surface area contributed by atoms with E-state index in [-0.39, 0.29) is 0 Å². The first-order valence-electron chi connectivity index (χ1n) is 7.35. The van der Waals surface area contributed by atoms with Gasteiger partial charge in [-0.2, -0.15) is 0 Å². The summed E-state index contributed by atoms with van der Waals surface area (Å²) in [6.45, 7) is 7.77. The average Bonchev–Trinajstić information content (AvgIpc) is 2.39. The van der Waals surface area contributed by atoms with Crippen molar-refractivity contribution in [2.45, 2.75) is 33.1 Å². The van der Waals surface area contributed by atoms with Crippen LogP contribution in [0.2, 0.25) is 0 Å². The van der Waals surface area contributed by atoms with Crippen LogP contribution in [-0.4, -0.2) is 19.6 Å². The van der Waals surface area contributed by atoms with Crippen LogP contribution in [0.3, 0.4) is 0 Å². The Morgan fingerprint density at radius 1 is 1.32 bits per heavy atom. The van der Waals surface area contributed by atoms with Crippen molar-refractivity contribution in [1.82, 2.24) is 0 Å². The average molecular weight is 325 g/mol. The first-order chi connectivity index (χ1) is 9.11. The van der Waals surface area contributed by atoms with Crippen LogP contribution < -0.4 is 10.6 Å². The van der Waals surface area contributed by atoms with Gasteiger partial charge in [-0.25, -0.2) is 0 Å². The number of piperidine rings is 1. The Labute approximate surface area is 125 Å². The highest BCUT2D eigenvalue weighted by Crippen LogP contribution is 2.31. The second-order valence-corrected chi connectivity index (χ2v) is 6.80. The van der Waals surface area contributed by atoms with Gasteiger partial charge >= 0.3 is 0 Å². The molecule has 106 valence electrons. The van der Waals surface area contributed by atoms with Crippen LogP contribution in [0, 0.1) is 11.8 Å². The second-order valence-electron chi connectivity index (χ2n) is 5.88. The van der Waals surface area contributed by atoms with Crippen molar-refractivity contribution in [2.75, 3.05) is 24.5 Å². The summed E-state index contributed by atoms with van der Waals surface area (Å²) < 4.78 is 1.15. The van der Waals surface area contributed by atoms with E-state index in [2.05, 4.69) is 52.9 Å². The third kappa shape index (κ3) is 3.73. The van der Waals surface area contributed by atoms with Crippen LogP contribution in [0.4, 0.5) is 5.69 Å². The predicted octanol–water partition coefficient (Wildman–Crippen LogP) is 3.82. The van der Waals surface area contributed by atoms with Crippen LogP contribution >= 0.6 is 15.9 Å². The molecule has 19 heavy (non-hydrogen) atoms. The Hall–Kier alpha value is -0.540. The summed E-state index contributed by atoms with van der Waals surface area (Å²) >= 11 is 3.56. The molecule has 0 unspecified atom stereocenters. The van der Waals surface area contributed by atoms with Gasteiger partial charge in [-0.05, 0) is 61.4 Å². The lowest BCUT2D eigenvalue weighted by molar-refractivity contribution is 0.311. The van der Waals surface area contributed by atoms with Gasteiger partial charge < -0.3 is 10.6 Å². The molecule has 1 heterocycles. The molecule has 0 aromatic heterocycles. The van der Waals surface area contributed by atoms with Gasteiger partial charge in [0.1, 0.15) is 0 Å². The molecule has 1 aromatic carbocycles. The topological polar surface area (TPSA) is 29.3 Å². The summed E-state index contributed by atoms with van der Waals surface area (Å²) in [7, 11) is 0. The van der Waals surface area contributed by atoms with Gasteiger partial charge in [-0.15, -0.1) is 0 Å². The lowest BCUT2D eigenvalue weighted by atomic mass is 9.86. The van der Waals surface area contributed by atoms with E-state index in [1.807, 2.05) is 0 Å². The van der Waals surface area contributed by atoms with Crippen molar-refractivity contribution in [3.05, 3.63) is 28.2 Å². The van der Waals surface area contributed by atoms with Crippen molar-refractivity contribution in [2.24, 2.45) is 17.6 Å². The Bertz CT molecular complexity index is 409. The number of halogens is 1. The highest BCUT2D eigenvalue weighted by Gasteiger charge is 2.22. The third-order valence-electron chi connectivity index (χ3n) is 4.28. The molecule has 0 saturated carbocycles. The number of rotatable bonds is 4. The van der Waals surface area contributed by atoms with Gasteiger partial charge in [-0.1, -0.05) is 29.8 Å². The number of hydrogen-bond donors (Lipinski definition) is 1. The summed E-state index contributed by atoms with van der Waals surface area (Å²) in [5, 5.41) is 0. The van der Waals surface area contributed by atoms with Gasteiger partial charge in [-0.3, -0.25) is 0 Å². The molecular weight excluding hydrogens is 300 g/mol. The van der Waals surface area contributed by atoms with Crippen molar-refractivity contribution in [1.29, 1.82) is 0 Å². The summed E-state index contributed by atoms with van der Waals surface area (Å²) in [6.07, 6.45) is 3.59. The fraction of sp³-hybridized carbons (Fsp3) is 0.625. The minimum Gasteiger partial charge on any atom is -0.371 e. The smallest absolute Gasteiger partial charge is 0.0400 e. The quantitative estimate of drug-likeness (QED) is 0.912. The van der Waals surface area contributed by atoms with Gasteiger partial charge in [0.15, 0.2) is 0 Å². The van der Waals surface area contributed by atoms with Crippen molar-refractivity contribution in [3.8, 4) is 0 Å². The normalized spacial score (nSPS) is 17.2. The zero-order valence-corrected chi connectivity index (χ0v) is 13.6. The molecule has 1 aliphatic rings. The zero-order valence-electron chi connectivity index (χ0n) is 12.0. The maximum absolute atomic E-state index is 5.74. The van der Waals surface area contributed by atoms with Gasteiger partial charge in [0.2, 0.25) is 0 Å². The molecule has 0 amide bonds. The summed E-state index contributed by atoms with van der Waals surface area (Å²) in [6, 6.07) is 6.60. The highest BCUT2D eigenvalue weighted by molar-refractivity contribution is 9.10. The van der Waals surface area contributed by atoms with E-state index in [0.29, 0.717) is 6.54 Å². The zero-order chi connectivity index (χ0) is 13.8. The molecule has 0 spiro atoms. The first kappa shape index (κ1) is 14.9. The van der Waals surface area contributed by atoms with Gasteiger partial charge in [0.25, 0.3) is 0 Å². The SMILES string of the molecule is CC(C)C1CCN(c2ccc(Br)cc2CCN)CC1. The van der Waals surface area contributed by atoms with Crippen molar-refractivity contribution < 1.29 is 0 Å². The molecule has 0 radical (unpaired) electrons. The van der Waals surface area contributed by atoms with E-state index in [0.717, 1.165) is 22.7 Å². The fourth-order valence-corrected chi connectivity index (χ4v) is 3.43. The summed E-state index contributed by atoms with van der Waals surface area (Å²) in [4.78, 5) is 2.54. The van der Waals surface area contributed by atoms with E-state index in [1.165, 1.54) is 37.2 Å². The van der Waals surface area contributed by atoms with Gasteiger partial charge in [0.05, 0.1) is 0 Å². The number of hydrogen-bond acceptors (Lipinski definition) is 2. The number of anilines is 1. The molecule has 0 bridgehead atoms. The third-order valence-corrected chi connectivity index (χ3v) is 4.77. The molecule has 2 N–H and O–H groups in total. The highest BCUT2D eigenvalue weighted by atomic mass is 79.9. The lowest BCUT2D eigenvalue weighted by Crippen LogP contribution is -2.35. The van der Waals surface area contributed by atoms with Crippen LogP contribution in [0.1, 0.15) is 32.3 Å². The Morgan fingerprint density at radius 3 is 2.58 bits per heavy atom. The monoisotopic (exact) mass is 324 g/mol. The Kier molecular flexibility index (Phi) is 5.28. The number of nitrogens with zero attached hydrogens (tertiary/aromatic N) is 1. The molecule has 0 aliphatic carbocycles. The van der Waals surface area contributed by atoms with E-state index in [4.69, 9.17) is 5.73 Å². The lowest BCUT2D eigenvalue weighted by Gasteiger charge is -2.36. The van der Waals surface area contributed by atoms with Crippen LogP contribution in [-0.2, 0) is 6.42 Å². The van der Waals surface area contributed by atoms with Crippen molar-refractivity contribution in [3.63, 3.8) is 0 Å². The van der Waals surface area contributed by atoms with E-state index in [9.17, 15) is 0 Å². The first-order valence-corrected chi connectivity index (χ1v) is 8.14. The number of benzene rings is 1. The van der Waals surface area contributed by atoms with E-state index in [1.54, 1.807) is 0 Å². The maximum Gasteiger partial charge on any atom is 0.0400 e. The van der Waals surface area contributed by atoms with E-state index >= 15 is 0 Å². The summed E-state index contributed by atoms with van der Waals surface area (Å²) in [5.41, 5.74) is 8.50. The minimum absolute atomic E-state index is 0.714. The molecular formula is C16H25BrN2. The fourth-order valence-electron chi connectivity index (χ4n) is 3.03. The molecule has 1 aliphatic heterocycles. The predicted molar refractivity (Wildman–Crippen MR) is 86.7 cm³/mol. The molecule has 1 aromatic rings. The maximum atomic E-state index is 5.74. The van der Waals surface area contributed by atoms with Crippen LogP contribution in [0.15, 0.2) is 22.7 Å². The Balaban J connectivity index is 2.10. The van der Waals surface area contributed by atoms with Crippen LogP contribution in [0.5, 0.6) is 0 Å². The standard InChI is InChI=1S/C16H25BrN2/c1-12(2)13-6-9-19(10-7-13)16-4-3-15(17)11-14(16)5-8-18/h3-4,11-13H,5-10,18H2,1-2H3. The Morgan fingerprint density at radius 2 is 2.00 bits per heavy atom. The van der Waals surface area contributed by atoms with Crippen LogP contribution in [0.25, 0.3) is 0 Å². The summed E-state index contributed by atoms with van der Waals surface area (Å²) in [5.74, 6) is 1.71. The molecule has 1 fully saturated rings. The van der Waals surface area contributed by atoms with Gasteiger partial charge in [0, 0.05) is 23.2 Å². The number of nitrogens with two attached hydrogens (primary N) is 1. The molecule has 1 saturated heterocycles. The van der Waals surface area contributed by atoms with Crippen molar-refractivity contribution >= 4 is 21.6 Å². The molecule has 2 rings (SSSR count). The minimum atomic E-state index is 0.714. The second kappa shape index (κ2) is 6.76. The largest absolute Gasteiger partial charge is 0.371 e. The molecule has 2 nitrogen and oxygen atoms in total. The molecule has 3 heteroatoms. The van der Waals surface area contributed by atoms with E-state index < -0.39 is 0 Å². The molecule has 0 atom stereocenters.